The van der Waals surface area contributed by atoms with E-state index >= 15 is 0 Å². The third-order valence-electron chi connectivity index (χ3n) is 2.44. The molecule has 0 fully saturated rings. The van der Waals surface area contributed by atoms with Gasteiger partial charge in [-0.05, 0) is 12.5 Å². The highest BCUT2D eigenvalue weighted by Crippen LogP contribution is 2.14. The van der Waals surface area contributed by atoms with Gasteiger partial charge in [0.15, 0.2) is 0 Å². The molecule has 4 nitrogen and oxygen atoms in total. The number of esters is 1. The molecule has 0 radical (unpaired) electrons. The van der Waals surface area contributed by atoms with E-state index in [1.165, 1.54) is 7.11 Å². The maximum absolute atomic E-state index is 11.7. The summed E-state index contributed by atoms with van der Waals surface area (Å²) in [6.45, 7) is 2.50. The van der Waals surface area contributed by atoms with Crippen LogP contribution < -0.4 is 5.32 Å². The Balaban J connectivity index is 2.78. The van der Waals surface area contributed by atoms with Crippen molar-refractivity contribution < 1.29 is 14.3 Å². The largest absolute Gasteiger partial charge is 0.468 e. The molecule has 1 rings (SSSR count). The van der Waals surface area contributed by atoms with E-state index in [1.54, 1.807) is 7.11 Å². The van der Waals surface area contributed by atoms with Gasteiger partial charge in [0.25, 0.3) is 0 Å². The van der Waals surface area contributed by atoms with E-state index in [0.717, 1.165) is 5.56 Å². The van der Waals surface area contributed by atoms with Crippen molar-refractivity contribution in [1.29, 1.82) is 0 Å². The second-order valence-corrected chi connectivity index (χ2v) is 3.89. The standard InChI is InChI=1S/C13H19NO3/c1-10(9-16-2)14-12(13(15)17-3)11-7-5-4-6-8-11/h4-8,10,12,14H,9H2,1-3H3/t10-,12-/m1/s1. The molecule has 0 aromatic heterocycles. The highest BCUT2D eigenvalue weighted by Gasteiger charge is 2.22. The predicted molar refractivity (Wildman–Crippen MR) is 65.7 cm³/mol. The van der Waals surface area contributed by atoms with E-state index in [4.69, 9.17) is 9.47 Å². The highest BCUT2D eigenvalue weighted by atomic mass is 16.5. The van der Waals surface area contributed by atoms with E-state index in [2.05, 4.69) is 5.32 Å². The van der Waals surface area contributed by atoms with Gasteiger partial charge in [-0.2, -0.15) is 0 Å². The molecule has 0 bridgehead atoms. The van der Waals surface area contributed by atoms with E-state index in [0.29, 0.717) is 6.61 Å². The fourth-order valence-corrected chi connectivity index (χ4v) is 1.65. The van der Waals surface area contributed by atoms with Gasteiger partial charge in [0.1, 0.15) is 6.04 Å². The van der Waals surface area contributed by atoms with Gasteiger partial charge in [0.2, 0.25) is 0 Å². The Kier molecular flexibility index (Phi) is 5.66. The Labute approximate surface area is 102 Å². The number of hydrogen-bond donors (Lipinski definition) is 1. The smallest absolute Gasteiger partial charge is 0.327 e. The third kappa shape index (κ3) is 4.17. The molecule has 1 aromatic rings. The Morgan fingerprint density at radius 3 is 2.47 bits per heavy atom. The zero-order chi connectivity index (χ0) is 12.7. The second-order valence-electron chi connectivity index (χ2n) is 3.89. The molecule has 0 spiro atoms. The zero-order valence-electron chi connectivity index (χ0n) is 10.5. The predicted octanol–water partition coefficient (Wildman–Crippen LogP) is 1.53. The number of nitrogens with one attached hydrogen (secondary N) is 1. The highest BCUT2D eigenvalue weighted by molar-refractivity contribution is 5.77. The average molecular weight is 237 g/mol. The molecule has 0 heterocycles. The van der Waals surface area contributed by atoms with E-state index in [9.17, 15) is 4.79 Å². The first-order chi connectivity index (χ1) is 8.19. The zero-order valence-corrected chi connectivity index (χ0v) is 10.5. The number of benzene rings is 1. The van der Waals surface area contributed by atoms with E-state index in [-0.39, 0.29) is 12.0 Å². The molecule has 1 N–H and O–H groups in total. The summed E-state index contributed by atoms with van der Waals surface area (Å²) >= 11 is 0. The minimum atomic E-state index is -0.452. The quantitative estimate of drug-likeness (QED) is 0.762. The Morgan fingerprint density at radius 1 is 1.29 bits per heavy atom. The molecule has 2 atom stereocenters. The number of ether oxygens (including phenoxy) is 2. The lowest BCUT2D eigenvalue weighted by Crippen LogP contribution is -2.38. The van der Waals surface area contributed by atoms with Crippen molar-refractivity contribution in [1.82, 2.24) is 5.32 Å². The van der Waals surface area contributed by atoms with Crippen molar-refractivity contribution in [2.75, 3.05) is 20.8 Å². The van der Waals surface area contributed by atoms with Crippen molar-refractivity contribution in [3.8, 4) is 0 Å². The van der Waals surface area contributed by atoms with Crippen molar-refractivity contribution in [3.63, 3.8) is 0 Å². The van der Waals surface area contributed by atoms with Crippen LogP contribution in [0.15, 0.2) is 30.3 Å². The first kappa shape index (κ1) is 13.7. The van der Waals surface area contributed by atoms with Crippen molar-refractivity contribution in [2.45, 2.75) is 19.0 Å². The number of carbonyl (C=O) groups is 1. The van der Waals surface area contributed by atoms with Gasteiger partial charge in [-0.3, -0.25) is 5.32 Å². The van der Waals surface area contributed by atoms with Gasteiger partial charge in [-0.25, -0.2) is 4.79 Å². The Bertz CT molecular complexity index is 340. The van der Waals surface area contributed by atoms with Crippen LogP contribution in [-0.4, -0.2) is 32.8 Å². The Morgan fingerprint density at radius 2 is 1.94 bits per heavy atom. The van der Waals surface area contributed by atoms with Gasteiger partial charge in [0, 0.05) is 13.2 Å². The molecule has 0 saturated heterocycles. The van der Waals surface area contributed by atoms with E-state index < -0.39 is 6.04 Å². The molecule has 0 unspecified atom stereocenters. The minimum absolute atomic E-state index is 0.0734. The lowest BCUT2D eigenvalue weighted by atomic mass is 10.1. The molecule has 4 heteroatoms. The van der Waals surface area contributed by atoms with Crippen LogP contribution in [0.5, 0.6) is 0 Å². The molecule has 0 amide bonds. The average Bonchev–Trinajstić information content (AvgIpc) is 2.36. The van der Waals surface area contributed by atoms with Crippen LogP contribution in [0, 0.1) is 0 Å². The Hall–Kier alpha value is -1.39. The summed E-state index contributed by atoms with van der Waals surface area (Å²) in [5.74, 6) is -0.292. The van der Waals surface area contributed by atoms with Crippen LogP contribution in [0.1, 0.15) is 18.5 Å². The van der Waals surface area contributed by atoms with Gasteiger partial charge >= 0.3 is 5.97 Å². The third-order valence-corrected chi connectivity index (χ3v) is 2.44. The fourth-order valence-electron chi connectivity index (χ4n) is 1.65. The molecule has 1 aromatic carbocycles. The first-order valence-electron chi connectivity index (χ1n) is 5.56. The SMILES string of the molecule is COC[C@@H](C)N[C@@H](C(=O)OC)c1ccccc1. The maximum Gasteiger partial charge on any atom is 0.327 e. The normalized spacial score (nSPS) is 14.1. The summed E-state index contributed by atoms with van der Waals surface area (Å²) in [6, 6.07) is 9.12. The topological polar surface area (TPSA) is 47.6 Å². The molecule has 0 aliphatic heterocycles. The van der Waals surface area contributed by atoms with E-state index in [1.807, 2.05) is 37.3 Å². The van der Waals surface area contributed by atoms with Crippen LogP contribution in [-0.2, 0) is 14.3 Å². The summed E-state index contributed by atoms with van der Waals surface area (Å²) in [5, 5.41) is 3.19. The van der Waals surface area contributed by atoms with Crippen molar-refractivity contribution in [2.24, 2.45) is 0 Å². The molecule has 94 valence electrons. The lowest BCUT2D eigenvalue weighted by Gasteiger charge is -2.21. The molecule has 0 aliphatic rings. The van der Waals surface area contributed by atoms with Crippen LogP contribution in [0.3, 0.4) is 0 Å². The summed E-state index contributed by atoms with van der Waals surface area (Å²) < 4.78 is 9.84. The van der Waals surface area contributed by atoms with Crippen molar-refractivity contribution in [3.05, 3.63) is 35.9 Å². The monoisotopic (exact) mass is 237 g/mol. The number of rotatable bonds is 6. The minimum Gasteiger partial charge on any atom is -0.468 e. The summed E-state index contributed by atoms with van der Waals surface area (Å²) in [5.41, 5.74) is 0.891. The number of methoxy groups -OCH3 is 2. The van der Waals surface area contributed by atoms with Crippen LogP contribution in [0.25, 0.3) is 0 Å². The van der Waals surface area contributed by atoms with Gasteiger partial charge in [-0.15, -0.1) is 0 Å². The molecule has 17 heavy (non-hydrogen) atoms. The van der Waals surface area contributed by atoms with Gasteiger partial charge in [0.05, 0.1) is 13.7 Å². The number of hydrogen-bond acceptors (Lipinski definition) is 4. The van der Waals surface area contributed by atoms with Crippen LogP contribution in [0.4, 0.5) is 0 Å². The molecule has 0 saturated carbocycles. The van der Waals surface area contributed by atoms with Crippen LogP contribution in [0.2, 0.25) is 0 Å². The number of carbonyl (C=O) groups excluding carboxylic acids is 1. The summed E-state index contributed by atoms with van der Waals surface area (Å²) in [4.78, 5) is 11.7. The van der Waals surface area contributed by atoms with Gasteiger partial charge in [-0.1, -0.05) is 30.3 Å². The van der Waals surface area contributed by atoms with Crippen molar-refractivity contribution >= 4 is 5.97 Å². The summed E-state index contributed by atoms with van der Waals surface area (Å²) in [6.07, 6.45) is 0. The van der Waals surface area contributed by atoms with Gasteiger partial charge < -0.3 is 9.47 Å². The fraction of sp³-hybridized carbons (Fsp3) is 0.462. The second kappa shape index (κ2) is 7.04. The molecular weight excluding hydrogens is 218 g/mol. The summed E-state index contributed by atoms with van der Waals surface area (Å²) in [7, 11) is 3.02. The lowest BCUT2D eigenvalue weighted by molar-refractivity contribution is -0.143. The van der Waals surface area contributed by atoms with Crippen LogP contribution >= 0.6 is 0 Å². The maximum atomic E-state index is 11.7. The molecule has 0 aliphatic carbocycles. The first-order valence-corrected chi connectivity index (χ1v) is 5.56. The molecular formula is C13H19NO3.